The van der Waals surface area contributed by atoms with Gasteiger partial charge in [-0.3, -0.25) is 0 Å². The Bertz CT molecular complexity index is 1780. The van der Waals surface area contributed by atoms with Crippen molar-refractivity contribution in [1.29, 1.82) is 0 Å². The first kappa shape index (κ1) is 34.5. The zero-order valence-corrected chi connectivity index (χ0v) is 26.8. The number of guanidine groups is 1. The fourth-order valence-corrected chi connectivity index (χ4v) is 4.56. The number of para-hydroxylation sites is 2. The molecule has 0 fully saturated rings. The molecule has 1 aliphatic rings. The summed E-state index contributed by atoms with van der Waals surface area (Å²) < 4.78 is 32.2. The molecule has 0 saturated carbocycles. The summed E-state index contributed by atoms with van der Waals surface area (Å²) in [5.41, 5.74) is 0.606. The number of ether oxygens (including phenoxy) is 3. The quantitative estimate of drug-likeness (QED) is 0.0948. The van der Waals surface area contributed by atoms with Gasteiger partial charge in [0, 0.05) is 18.1 Å². The standard InChI is InChI=1S/C21H16ClFN4O5.C6H8ClN5O2S/c1-28-26-18(21-27-30-11-10-29-21)13-6-2-4-8-15(13)31-19-17(23)20(25-12-24-19)32-16-9-5-3-7-14(16)22;1-8-6(11-12(13)14)10-3-4-2-9-5(7)15-4/h2-9,12H,10-11H2,1H3;2H,3H2,1H3,(H2,8,10,11)/b26-18+;. The number of oxime groups is 2. The van der Waals surface area contributed by atoms with Crippen molar-refractivity contribution < 1.29 is 33.3 Å². The van der Waals surface area contributed by atoms with Crippen molar-refractivity contribution >= 4 is 52.1 Å². The Hall–Kier alpha value is -5.33. The third kappa shape index (κ3) is 10.1. The topological polar surface area (TPSA) is 189 Å². The average Bonchev–Trinajstić information content (AvgIpc) is 3.50. The van der Waals surface area contributed by atoms with Gasteiger partial charge in [0.05, 0.1) is 17.1 Å². The highest BCUT2D eigenvalue weighted by molar-refractivity contribution is 7.15. The summed E-state index contributed by atoms with van der Waals surface area (Å²) in [5.74, 6) is -0.998. The van der Waals surface area contributed by atoms with Crippen LogP contribution in [0, 0.1) is 15.9 Å². The van der Waals surface area contributed by atoms with Crippen molar-refractivity contribution in [2.45, 2.75) is 6.54 Å². The molecule has 2 aromatic heterocycles. The number of halogens is 3. The van der Waals surface area contributed by atoms with Gasteiger partial charge < -0.3 is 34.5 Å². The Labute approximate surface area is 279 Å². The van der Waals surface area contributed by atoms with Crippen LogP contribution in [0.15, 0.2) is 76.5 Å². The highest BCUT2D eigenvalue weighted by Gasteiger charge is 2.24. The lowest BCUT2D eigenvalue weighted by atomic mass is 10.1. The van der Waals surface area contributed by atoms with Crippen LogP contribution in [0.1, 0.15) is 10.4 Å². The van der Waals surface area contributed by atoms with E-state index >= 15 is 4.39 Å². The van der Waals surface area contributed by atoms with Gasteiger partial charge in [-0.05, 0) is 29.4 Å². The van der Waals surface area contributed by atoms with E-state index in [4.69, 9.17) is 47.1 Å². The number of nitro groups is 1. The summed E-state index contributed by atoms with van der Waals surface area (Å²) >= 11 is 13.0. The van der Waals surface area contributed by atoms with E-state index in [9.17, 15) is 10.1 Å². The number of rotatable bonds is 10. The van der Waals surface area contributed by atoms with Crippen LogP contribution in [0.2, 0.25) is 9.49 Å². The van der Waals surface area contributed by atoms with Crippen LogP contribution in [0.3, 0.4) is 0 Å². The first-order chi connectivity index (χ1) is 22.8. The van der Waals surface area contributed by atoms with Crippen LogP contribution in [0.4, 0.5) is 4.39 Å². The summed E-state index contributed by atoms with van der Waals surface area (Å²) in [7, 11) is 2.91. The molecule has 20 heteroatoms. The third-order valence-corrected chi connectivity index (χ3v) is 6.86. The average molecular weight is 709 g/mol. The van der Waals surface area contributed by atoms with E-state index in [0.717, 1.165) is 11.2 Å². The third-order valence-electron chi connectivity index (χ3n) is 5.44. The lowest BCUT2D eigenvalue weighted by Crippen LogP contribution is -2.34. The number of aromatic nitrogens is 3. The van der Waals surface area contributed by atoms with Crippen molar-refractivity contribution in [1.82, 2.24) is 25.6 Å². The van der Waals surface area contributed by atoms with Crippen LogP contribution in [0.5, 0.6) is 23.3 Å². The molecular weight excluding hydrogens is 684 g/mol. The second-order valence-corrected chi connectivity index (χ2v) is 10.6. The number of hydrogen-bond acceptors (Lipinski definition) is 13. The van der Waals surface area contributed by atoms with Crippen LogP contribution in [-0.2, 0) is 21.0 Å². The molecule has 1 aliphatic heterocycles. The molecule has 246 valence electrons. The monoisotopic (exact) mass is 707 g/mol. The number of nitrogens with one attached hydrogen (secondary N) is 2. The van der Waals surface area contributed by atoms with Gasteiger partial charge in [-0.2, -0.15) is 14.4 Å². The summed E-state index contributed by atoms with van der Waals surface area (Å²) in [6.45, 7) is 0.980. The zero-order chi connectivity index (χ0) is 33.6. The minimum atomic E-state index is -0.915. The van der Waals surface area contributed by atoms with Gasteiger partial charge in [0.2, 0.25) is 5.82 Å². The van der Waals surface area contributed by atoms with Crippen LogP contribution in [0.25, 0.3) is 0 Å². The molecule has 0 bridgehead atoms. The molecule has 0 spiro atoms. The van der Waals surface area contributed by atoms with Crippen molar-refractivity contribution in [3.63, 3.8) is 0 Å². The summed E-state index contributed by atoms with van der Waals surface area (Å²) in [6, 6.07) is 13.3. The highest BCUT2D eigenvalue weighted by Crippen LogP contribution is 2.33. The predicted octanol–water partition coefficient (Wildman–Crippen LogP) is 5.22. The Morgan fingerprint density at radius 1 is 1.09 bits per heavy atom. The first-order valence-electron chi connectivity index (χ1n) is 13.2. The van der Waals surface area contributed by atoms with Gasteiger partial charge in [-0.25, -0.2) is 15.1 Å². The summed E-state index contributed by atoms with van der Waals surface area (Å²) in [6.07, 6.45) is 2.71. The second kappa shape index (κ2) is 17.4. The van der Waals surface area contributed by atoms with Crippen molar-refractivity contribution in [2.75, 3.05) is 27.4 Å². The molecule has 0 saturated heterocycles. The zero-order valence-electron chi connectivity index (χ0n) is 24.4. The summed E-state index contributed by atoms with van der Waals surface area (Å²) in [4.78, 5) is 32.5. The first-order valence-corrected chi connectivity index (χ1v) is 14.8. The fraction of sp³-hybridized carbons (Fsp3) is 0.185. The molecule has 0 atom stereocenters. The van der Waals surface area contributed by atoms with Crippen molar-refractivity contribution in [3.05, 3.63) is 96.9 Å². The lowest BCUT2D eigenvalue weighted by Gasteiger charge is -2.17. The number of nitrogens with zero attached hydrogens (tertiary/aromatic N) is 7. The Balaban J connectivity index is 0.000000280. The van der Waals surface area contributed by atoms with Crippen molar-refractivity contribution in [3.8, 4) is 23.3 Å². The minimum Gasteiger partial charge on any atom is -0.470 e. The molecule has 16 nitrogen and oxygen atoms in total. The largest absolute Gasteiger partial charge is 0.470 e. The fourth-order valence-electron chi connectivity index (χ4n) is 3.47. The maximum Gasteiger partial charge on any atom is 0.280 e. The van der Waals surface area contributed by atoms with Crippen LogP contribution < -0.4 is 20.1 Å². The highest BCUT2D eigenvalue weighted by atomic mass is 35.5. The molecule has 2 N–H and O–H groups in total. The maximum absolute atomic E-state index is 15.1. The SMILES string of the molecule is CN/C(=N\[N+](=O)[O-])NCc1cnc(Cl)s1.CO/N=C(/C1=NOCCO1)c1ccccc1Oc1ncnc(Oc2ccccc2Cl)c1F. The molecule has 0 amide bonds. The number of hydrazone groups is 1. The normalized spacial score (nSPS) is 12.7. The second-order valence-electron chi connectivity index (χ2n) is 8.50. The molecule has 2 aromatic carbocycles. The molecule has 4 aromatic rings. The molecule has 0 unspecified atom stereocenters. The molecule has 47 heavy (non-hydrogen) atoms. The van der Waals surface area contributed by atoms with E-state index in [1.807, 2.05) is 0 Å². The molecule has 0 radical (unpaired) electrons. The molecule has 0 aliphatic carbocycles. The Morgan fingerprint density at radius 3 is 2.40 bits per heavy atom. The van der Waals surface area contributed by atoms with Gasteiger partial charge in [0.15, 0.2) is 21.8 Å². The van der Waals surface area contributed by atoms with E-state index in [1.54, 1.807) is 54.7 Å². The van der Waals surface area contributed by atoms with E-state index in [2.05, 4.69) is 41.0 Å². The number of benzene rings is 2. The lowest BCUT2D eigenvalue weighted by molar-refractivity contribution is -0.485. The van der Waals surface area contributed by atoms with Gasteiger partial charge in [-0.1, -0.05) is 52.6 Å². The molecule has 3 heterocycles. The van der Waals surface area contributed by atoms with Crippen molar-refractivity contribution in [2.24, 2.45) is 15.4 Å². The van der Waals surface area contributed by atoms with Crippen LogP contribution in [-0.4, -0.2) is 64.9 Å². The Morgan fingerprint density at radius 2 is 1.79 bits per heavy atom. The Kier molecular flexibility index (Phi) is 12.8. The van der Waals surface area contributed by atoms with Gasteiger partial charge in [0.1, 0.15) is 36.6 Å². The summed E-state index contributed by atoms with van der Waals surface area (Å²) in [5, 5.41) is 25.8. The van der Waals surface area contributed by atoms with E-state index < -0.39 is 10.8 Å². The van der Waals surface area contributed by atoms with Gasteiger partial charge in [-0.15, -0.1) is 11.3 Å². The van der Waals surface area contributed by atoms with E-state index in [-0.39, 0.29) is 47.4 Å². The maximum atomic E-state index is 15.1. The minimum absolute atomic E-state index is 0.0875. The van der Waals surface area contributed by atoms with E-state index in [0.29, 0.717) is 28.2 Å². The van der Waals surface area contributed by atoms with E-state index in [1.165, 1.54) is 25.5 Å². The molecular formula is C27H24Cl2FN9O7S. The van der Waals surface area contributed by atoms with Gasteiger partial charge in [0.25, 0.3) is 23.6 Å². The van der Waals surface area contributed by atoms with Crippen LogP contribution >= 0.6 is 34.5 Å². The number of thiazole rings is 1. The van der Waals surface area contributed by atoms with Gasteiger partial charge >= 0.3 is 0 Å². The molecule has 5 rings (SSSR count). The number of hydrogen-bond donors (Lipinski definition) is 2. The smallest absolute Gasteiger partial charge is 0.280 e. The predicted molar refractivity (Wildman–Crippen MR) is 170 cm³/mol.